The van der Waals surface area contributed by atoms with Crippen molar-refractivity contribution in [2.24, 2.45) is 0 Å². The highest BCUT2D eigenvalue weighted by Gasteiger charge is 2.22. The van der Waals surface area contributed by atoms with Gasteiger partial charge in [0.2, 0.25) is 0 Å². The molecule has 0 spiro atoms. The molecule has 2 nitrogen and oxygen atoms in total. The minimum atomic E-state index is -0.659. The molecule has 1 aliphatic heterocycles. The van der Waals surface area contributed by atoms with Crippen molar-refractivity contribution in [3.63, 3.8) is 0 Å². The van der Waals surface area contributed by atoms with Gasteiger partial charge >= 0.3 is 0 Å². The number of benzene rings is 1. The van der Waals surface area contributed by atoms with Gasteiger partial charge in [-0.2, -0.15) is 0 Å². The molecule has 0 saturated carbocycles. The first kappa shape index (κ1) is 18.5. The second-order valence-electron chi connectivity index (χ2n) is 4.16. The van der Waals surface area contributed by atoms with Crippen LogP contribution in [0, 0.1) is 11.6 Å². The zero-order valence-electron chi connectivity index (χ0n) is 10.2. The van der Waals surface area contributed by atoms with Gasteiger partial charge in [0.05, 0.1) is 6.04 Å². The Morgan fingerprint density at radius 3 is 2.05 bits per heavy atom. The van der Waals surface area contributed by atoms with Gasteiger partial charge in [-0.25, -0.2) is 13.2 Å². The molecular weight excluding hydrogens is 300 g/mol. The number of nitrogens with one attached hydrogen (secondary N) is 1. The summed E-state index contributed by atoms with van der Waals surface area (Å²) in [7, 11) is 0. The zero-order valence-corrected chi connectivity index (χ0v) is 11.9. The first-order valence-corrected chi connectivity index (χ1v) is 5.67. The van der Waals surface area contributed by atoms with E-state index < -0.39 is 24.4 Å². The quantitative estimate of drug-likeness (QED) is 0.922. The molecule has 2 rings (SSSR count). The van der Waals surface area contributed by atoms with E-state index in [2.05, 4.69) is 5.32 Å². The number of hydrogen-bond donors (Lipinski definition) is 1. The van der Waals surface area contributed by atoms with Gasteiger partial charge < -0.3 is 5.32 Å². The van der Waals surface area contributed by atoms with Crippen LogP contribution < -0.4 is 5.32 Å². The Morgan fingerprint density at radius 2 is 1.58 bits per heavy atom. The van der Waals surface area contributed by atoms with Gasteiger partial charge in [-0.3, -0.25) is 4.90 Å². The number of hydrogen-bond acceptors (Lipinski definition) is 2. The van der Waals surface area contributed by atoms with Crippen LogP contribution in [0.1, 0.15) is 11.6 Å². The average Bonchev–Trinajstić information content (AvgIpc) is 2.30. The van der Waals surface area contributed by atoms with Gasteiger partial charge in [-0.1, -0.05) is 0 Å². The zero-order chi connectivity index (χ0) is 12.3. The van der Waals surface area contributed by atoms with Gasteiger partial charge in [0.25, 0.3) is 0 Å². The van der Waals surface area contributed by atoms with Crippen molar-refractivity contribution in [2.75, 3.05) is 32.9 Å². The Labute approximate surface area is 123 Å². The summed E-state index contributed by atoms with van der Waals surface area (Å²) in [5, 5.41) is 3.16. The lowest BCUT2D eigenvalue weighted by molar-refractivity contribution is 0.147. The van der Waals surface area contributed by atoms with E-state index >= 15 is 0 Å². The topological polar surface area (TPSA) is 15.3 Å². The number of halogens is 5. The Kier molecular flexibility index (Phi) is 8.41. The minimum absolute atomic E-state index is 0. The molecule has 0 aromatic heterocycles. The van der Waals surface area contributed by atoms with E-state index in [4.69, 9.17) is 0 Å². The predicted molar refractivity (Wildman–Crippen MR) is 74.0 cm³/mol. The van der Waals surface area contributed by atoms with Crippen molar-refractivity contribution in [1.82, 2.24) is 10.2 Å². The summed E-state index contributed by atoms with van der Waals surface area (Å²) < 4.78 is 39.3. The molecule has 110 valence electrons. The molecule has 0 amide bonds. The van der Waals surface area contributed by atoms with Crippen molar-refractivity contribution in [1.29, 1.82) is 0 Å². The van der Waals surface area contributed by atoms with E-state index in [-0.39, 0.29) is 24.8 Å². The Balaban J connectivity index is 0.00000162. The Morgan fingerprint density at radius 1 is 1.05 bits per heavy atom. The number of alkyl halides is 1. The summed E-state index contributed by atoms with van der Waals surface area (Å²) in [5.41, 5.74) is 0.368. The molecule has 19 heavy (non-hydrogen) atoms. The molecule has 1 aliphatic rings. The molecule has 0 aliphatic carbocycles. The van der Waals surface area contributed by atoms with Crippen molar-refractivity contribution in [3.05, 3.63) is 35.4 Å². The molecule has 1 heterocycles. The summed E-state index contributed by atoms with van der Waals surface area (Å²) in [6.07, 6.45) is 0. The number of piperazine rings is 1. The van der Waals surface area contributed by atoms with Gasteiger partial charge in [0, 0.05) is 32.2 Å². The highest BCUT2D eigenvalue weighted by molar-refractivity contribution is 5.85. The number of nitrogens with zero attached hydrogens (tertiary/aromatic N) is 1. The average molecular weight is 317 g/mol. The first-order chi connectivity index (χ1) is 8.20. The van der Waals surface area contributed by atoms with Crippen LogP contribution in [-0.4, -0.2) is 37.8 Å². The van der Waals surface area contributed by atoms with Crippen molar-refractivity contribution in [2.45, 2.75) is 6.04 Å². The van der Waals surface area contributed by atoms with Gasteiger partial charge in [-0.05, 0) is 17.7 Å². The first-order valence-electron chi connectivity index (χ1n) is 5.67. The summed E-state index contributed by atoms with van der Waals surface area (Å²) in [5.74, 6) is -1.32. The van der Waals surface area contributed by atoms with Crippen molar-refractivity contribution in [3.8, 4) is 0 Å². The van der Waals surface area contributed by atoms with E-state index in [0.29, 0.717) is 18.7 Å². The smallest absolute Gasteiger partial charge is 0.126 e. The van der Waals surface area contributed by atoms with Crippen LogP contribution in [-0.2, 0) is 0 Å². The molecule has 1 N–H and O–H groups in total. The van der Waals surface area contributed by atoms with Gasteiger partial charge in [0.15, 0.2) is 0 Å². The largest absolute Gasteiger partial charge is 0.314 e. The van der Waals surface area contributed by atoms with Gasteiger partial charge in [0.1, 0.15) is 18.3 Å². The summed E-state index contributed by atoms with van der Waals surface area (Å²) in [6.45, 7) is 2.28. The van der Waals surface area contributed by atoms with Crippen molar-refractivity contribution < 1.29 is 13.2 Å². The molecular formula is C12H17Cl2F3N2. The number of rotatable bonds is 3. The lowest BCUT2D eigenvalue weighted by atomic mass is 10.1. The third-order valence-corrected chi connectivity index (χ3v) is 3.01. The molecule has 1 fully saturated rings. The predicted octanol–water partition coefficient (Wildman–Crippen LogP) is 2.72. The van der Waals surface area contributed by atoms with Crippen LogP contribution >= 0.6 is 24.8 Å². The molecule has 1 aromatic carbocycles. The lowest BCUT2D eigenvalue weighted by Crippen LogP contribution is -2.45. The Bertz CT molecular complexity index is 367. The third kappa shape index (κ3) is 4.84. The maximum Gasteiger partial charge on any atom is 0.126 e. The Hall–Kier alpha value is -0.490. The fourth-order valence-corrected chi connectivity index (χ4v) is 2.16. The van der Waals surface area contributed by atoms with Crippen LogP contribution in [0.2, 0.25) is 0 Å². The van der Waals surface area contributed by atoms with Crippen LogP contribution in [0.4, 0.5) is 13.2 Å². The molecule has 1 saturated heterocycles. The summed E-state index contributed by atoms with van der Waals surface area (Å²) in [6, 6.07) is 2.66. The maximum absolute atomic E-state index is 13.1. The highest BCUT2D eigenvalue weighted by Crippen LogP contribution is 2.23. The maximum atomic E-state index is 13.1. The van der Waals surface area contributed by atoms with Crippen LogP contribution in [0.5, 0.6) is 0 Å². The van der Waals surface area contributed by atoms with E-state index in [1.807, 2.05) is 4.90 Å². The molecule has 0 radical (unpaired) electrons. The van der Waals surface area contributed by atoms with E-state index in [1.54, 1.807) is 0 Å². The minimum Gasteiger partial charge on any atom is -0.314 e. The monoisotopic (exact) mass is 316 g/mol. The van der Waals surface area contributed by atoms with E-state index in [1.165, 1.54) is 12.1 Å². The molecule has 0 bridgehead atoms. The second-order valence-corrected chi connectivity index (χ2v) is 4.16. The van der Waals surface area contributed by atoms with Crippen LogP contribution in [0.25, 0.3) is 0 Å². The molecule has 0 unspecified atom stereocenters. The van der Waals surface area contributed by atoms with Crippen molar-refractivity contribution >= 4 is 24.8 Å². The van der Waals surface area contributed by atoms with Gasteiger partial charge in [-0.15, -0.1) is 24.8 Å². The summed E-state index contributed by atoms with van der Waals surface area (Å²) in [4.78, 5) is 1.91. The van der Waals surface area contributed by atoms with Crippen LogP contribution in [0.15, 0.2) is 18.2 Å². The van der Waals surface area contributed by atoms with E-state index in [0.717, 1.165) is 19.2 Å². The molecule has 1 aromatic rings. The second kappa shape index (κ2) is 8.64. The summed E-state index contributed by atoms with van der Waals surface area (Å²) >= 11 is 0. The third-order valence-electron chi connectivity index (χ3n) is 3.01. The SMILES string of the molecule is Cl.Cl.FC[C@H](c1cc(F)cc(F)c1)N1CCNCC1. The molecule has 1 atom stereocenters. The fourth-order valence-electron chi connectivity index (χ4n) is 2.16. The molecule has 7 heteroatoms. The normalized spacial score (nSPS) is 17.2. The van der Waals surface area contributed by atoms with Crippen LogP contribution in [0.3, 0.4) is 0 Å². The highest BCUT2D eigenvalue weighted by atomic mass is 35.5. The lowest BCUT2D eigenvalue weighted by Gasteiger charge is -2.33. The van der Waals surface area contributed by atoms with E-state index in [9.17, 15) is 13.2 Å². The fraction of sp³-hybridized carbons (Fsp3) is 0.500. The standard InChI is InChI=1S/C12H15F3N2.2ClH/c13-8-12(17-3-1-16-2-4-17)9-5-10(14)7-11(15)6-9;;/h5-7,12,16H,1-4,8H2;2*1H/t12-;;/m1../s1.